The van der Waals surface area contributed by atoms with Gasteiger partial charge in [-0.3, -0.25) is 9.59 Å². The summed E-state index contributed by atoms with van der Waals surface area (Å²) in [5, 5.41) is 6.52. The van der Waals surface area contributed by atoms with E-state index in [0.717, 1.165) is 16.8 Å². The smallest absolute Gasteiger partial charge is 0.240 e. The maximum atomic E-state index is 11.8. The summed E-state index contributed by atoms with van der Waals surface area (Å²) in [5.41, 5.74) is 5.35. The second-order valence-electron chi connectivity index (χ2n) is 5.16. The molecule has 2 aromatic rings. The number of rotatable bonds is 6. The zero-order chi connectivity index (χ0) is 16.7. The first-order chi connectivity index (χ1) is 11.0. The molecule has 23 heavy (non-hydrogen) atoms. The van der Waals surface area contributed by atoms with E-state index in [1.165, 1.54) is 12.5 Å². The summed E-state index contributed by atoms with van der Waals surface area (Å²) in [7, 11) is 0. The Kier molecular flexibility index (Phi) is 5.68. The van der Waals surface area contributed by atoms with E-state index in [1.54, 1.807) is 12.1 Å². The molecular weight excluding hydrogens is 294 g/mol. The number of furan rings is 1. The maximum Gasteiger partial charge on any atom is 0.240 e. The predicted octanol–water partition coefficient (Wildman–Crippen LogP) is 2.77. The minimum atomic E-state index is -0.331. The number of carbonyl (C=O) groups excluding carboxylic acids is 2. The van der Waals surface area contributed by atoms with Gasteiger partial charge in [0.25, 0.3) is 0 Å². The normalized spacial score (nSPS) is 10.7. The van der Waals surface area contributed by atoms with Crippen molar-refractivity contribution in [3.05, 3.63) is 53.5 Å². The van der Waals surface area contributed by atoms with Gasteiger partial charge in [0.15, 0.2) is 0 Å². The van der Waals surface area contributed by atoms with Crippen LogP contribution in [0.5, 0.6) is 0 Å². The van der Waals surface area contributed by atoms with E-state index in [9.17, 15) is 9.59 Å². The highest BCUT2D eigenvalue weighted by Crippen LogP contribution is 2.14. The second kappa shape index (κ2) is 7.93. The summed E-state index contributed by atoms with van der Waals surface area (Å²) in [6.07, 6.45) is 3.06. The molecule has 2 rings (SSSR count). The fourth-order valence-corrected chi connectivity index (χ4v) is 1.86. The maximum absolute atomic E-state index is 11.8. The van der Waals surface area contributed by atoms with Crippen molar-refractivity contribution in [2.24, 2.45) is 5.10 Å². The largest absolute Gasteiger partial charge is 0.463 e. The van der Waals surface area contributed by atoms with E-state index in [2.05, 4.69) is 15.8 Å². The van der Waals surface area contributed by atoms with Crippen LogP contribution in [0.3, 0.4) is 0 Å². The van der Waals surface area contributed by atoms with Crippen LogP contribution >= 0.6 is 0 Å². The molecule has 0 aliphatic heterocycles. The molecule has 2 N–H and O–H groups in total. The summed E-state index contributed by atoms with van der Waals surface area (Å²) in [6.45, 7) is 3.99. The molecule has 0 saturated heterocycles. The van der Waals surface area contributed by atoms with Crippen molar-refractivity contribution in [2.75, 3.05) is 5.32 Å². The molecule has 0 fully saturated rings. The second-order valence-corrected chi connectivity index (χ2v) is 5.16. The van der Waals surface area contributed by atoms with Crippen molar-refractivity contribution in [2.45, 2.75) is 26.7 Å². The number of benzene rings is 1. The lowest BCUT2D eigenvalue weighted by molar-refractivity contribution is -0.124. The summed E-state index contributed by atoms with van der Waals surface area (Å²) < 4.78 is 5.03. The third-order valence-corrected chi connectivity index (χ3v) is 3.29. The SMILES string of the molecule is Cc1ccc(NC(=O)CCC(=O)N/N=C\c2ccco2)cc1C. The first kappa shape index (κ1) is 16.5. The van der Waals surface area contributed by atoms with Gasteiger partial charge >= 0.3 is 0 Å². The van der Waals surface area contributed by atoms with Gasteiger partial charge in [-0.1, -0.05) is 6.07 Å². The Morgan fingerprint density at radius 3 is 2.61 bits per heavy atom. The average molecular weight is 313 g/mol. The highest BCUT2D eigenvalue weighted by Gasteiger charge is 2.07. The van der Waals surface area contributed by atoms with E-state index < -0.39 is 0 Å². The van der Waals surface area contributed by atoms with Gasteiger partial charge in [-0.05, 0) is 49.2 Å². The van der Waals surface area contributed by atoms with Crippen molar-refractivity contribution in [3.63, 3.8) is 0 Å². The highest BCUT2D eigenvalue weighted by atomic mass is 16.3. The molecule has 0 spiro atoms. The standard InChI is InChI=1S/C17H19N3O3/c1-12-5-6-14(10-13(12)2)19-16(21)7-8-17(22)20-18-11-15-4-3-9-23-15/h3-6,9-11H,7-8H2,1-2H3,(H,19,21)(H,20,22)/b18-11-. The van der Waals surface area contributed by atoms with Crippen molar-refractivity contribution in [1.82, 2.24) is 5.43 Å². The molecule has 6 heteroatoms. The van der Waals surface area contributed by atoms with Crippen LogP contribution in [-0.2, 0) is 9.59 Å². The average Bonchev–Trinajstić information content (AvgIpc) is 3.02. The van der Waals surface area contributed by atoms with Gasteiger partial charge < -0.3 is 9.73 Å². The molecule has 120 valence electrons. The van der Waals surface area contributed by atoms with Crippen LogP contribution in [0.1, 0.15) is 29.7 Å². The van der Waals surface area contributed by atoms with Crippen molar-refractivity contribution < 1.29 is 14.0 Å². The van der Waals surface area contributed by atoms with Crippen LogP contribution in [0.15, 0.2) is 46.1 Å². The van der Waals surface area contributed by atoms with Crippen molar-refractivity contribution in [3.8, 4) is 0 Å². The Labute approximate surface area is 134 Å². The topological polar surface area (TPSA) is 83.7 Å². The van der Waals surface area contributed by atoms with Crippen LogP contribution < -0.4 is 10.7 Å². The lowest BCUT2D eigenvalue weighted by Crippen LogP contribution is -2.20. The number of hydrogen-bond acceptors (Lipinski definition) is 4. The van der Waals surface area contributed by atoms with Crippen molar-refractivity contribution >= 4 is 23.7 Å². The summed E-state index contributed by atoms with van der Waals surface area (Å²) in [6, 6.07) is 9.13. The molecular formula is C17H19N3O3. The first-order valence-corrected chi connectivity index (χ1v) is 7.27. The van der Waals surface area contributed by atoms with Gasteiger partial charge in [0.05, 0.1) is 12.5 Å². The fraction of sp³-hybridized carbons (Fsp3) is 0.235. The minimum Gasteiger partial charge on any atom is -0.463 e. The Hall–Kier alpha value is -2.89. The highest BCUT2D eigenvalue weighted by molar-refractivity contribution is 5.93. The molecule has 0 unspecified atom stereocenters. The summed E-state index contributed by atoms with van der Waals surface area (Å²) >= 11 is 0. The van der Waals surface area contributed by atoms with E-state index in [1.807, 2.05) is 32.0 Å². The van der Waals surface area contributed by atoms with Gasteiger partial charge in [-0.2, -0.15) is 5.10 Å². The van der Waals surface area contributed by atoms with E-state index in [0.29, 0.717) is 5.76 Å². The van der Waals surface area contributed by atoms with Crippen LogP contribution in [0.25, 0.3) is 0 Å². The molecule has 0 atom stereocenters. The van der Waals surface area contributed by atoms with Crippen LogP contribution in [0.2, 0.25) is 0 Å². The lowest BCUT2D eigenvalue weighted by atomic mass is 10.1. The van der Waals surface area contributed by atoms with Gasteiger partial charge in [0.2, 0.25) is 11.8 Å². The minimum absolute atomic E-state index is 0.0617. The number of hydrogen-bond donors (Lipinski definition) is 2. The molecule has 6 nitrogen and oxygen atoms in total. The van der Waals surface area contributed by atoms with Crippen LogP contribution in [0.4, 0.5) is 5.69 Å². The molecule has 1 heterocycles. The summed E-state index contributed by atoms with van der Waals surface area (Å²) in [5.74, 6) is -0.000700. The lowest BCUT2D eigenvalue weighted by Gasteiger charge is -2.07. The van der Waals surface area contributed by atoms with E-state index in [4.69, 9.17) is 4.42 Å². The molecule has 0 aliphatic rings. The van der Waals surface area contributed by atoms with E-state index >= 15 is 0 Å². The molecule has 1 aromatic carbocycles. The number of hydrazone groups is 1. The number of anilines is 1. The Balaban J connectivity index is 1.73. The van der Waals surface area contributed by atoms with Crippen LogP contribution in [-0.4, -0.2) is 18.0 Å². The number of nitrogens with one attached hydrogen (secondary N) is 2. The molecule has 0 bridgehead atoms. The Bertz CT molecular complexity index is 706. The third-order valence-electron chi connectivity index (χ3n) is 3.29. The van der Waals surface area contributed by atoms with Gasteiger partial charge in [-0.25, -0.2) is 5.43 Å². The number of aryl methyl sites for hydroxylation is 2. The Morgan fingerprint density at radius 1 is 1.13 bits per heavy atom. The third kappa shape index (κ3) is 5.43. The number of nitrogens with zero attached hydrogens (tertiary/aromatic N) is 1. The molecule has 1 aromatic heterocycles. The molecule has 0 radical (unpaired) electrons. The predicted molar refractivity (Wildman–Crippen MR) is 88.2 cm³/mol. The van der Waals surface area contributed by atoms with E-state index in [-0.39, 0.29) is 24.7 Å². The zero-order valence-corrected chi connectivity index (χ0v) is 13.1. The zero-order valence-electron chi connectivity index (χ0n) is 13.1. The Morgan fingerprint density at radius 2 is 1.91 bits per heavy atom. The van der Waals surface area contributed by atoms with Gasteiger partial charge in [-0.15, -0.1) is 0 Å². The van der Waals surface area contributed by atoms with Crippen LogP contribution in [0, 0.1) is 13.8 Å². The molecule has 0 aliphatic carbocycles. The van der Waals surface area contributed by atoms with Crippen molar-refractivity contribution in [1.29, 1.82) is 0 Å². The number of amides is 2. The van der Waals surface area contributed by atoms with Gasteiger partial charge in [0.1, 0.15) is 5.76 Å². The summed E-state index contributed by atoms with van der Waals surface area (Å²) in [4.78, 5) is 23.4. The first-order valence-electron chi connectivity index (χ1n) is 7.27. The molecule has 2 amide bonds. The quantitative estimate of drug-likeness (QED) is 0.635. The molecule has 0 saturated carbocycles. The van der Waals surface area contributed by atoms with Gasteiger partial charge in [0, 0.05) is 18.5 Å². The monoisotopic (exact) mass is 313 g/mol. The number of carbonyl (C=O) groups is 2. The fourth-order valence-electron chi connectivity index (χ4n) is 1.86.